The first kappa shape index (κ1) is 14.9. The first-order valence-corrected chi connectivity index (χ1v) is 8.30. The summed E-state index contributed by atoms with van der Waals surface area (Å²) in [7, 11) is 0. The van der Waals surface area contributed by atoms with E-state index in [2.05, 4.69) is 37.3 Å². The van der Waals surface area contributed by atoms with Gasteiger partial charge in [0.2, 0.25) is 0 Å². The van der Waals surface area contributed by atoms with Gasteiger partial charge >= 0.3 is 0 Å². The standard InChI is InChI=1S/C15H27N3S/c1-5-10-8-6-7-9-11(10)12(16)13-14(15(2,3)4)17-18-19-13/h10-12H,5-9,16H2,1-4H3. The summed E-state index contributed by atoms with van der Waals surface area (Å²) in [6.07, 6.45) is 6.54. The minimum atomic E-state index is 0.0380. The fourth-order valence-corrected chi connectivity index (χ4v) is 4.29. The van der Waals surface area contributed by atoms with Crippen molar-refractivity contribution in [1.82, 2.24) is 9.59 Å². The molecule has 0 amide bonds. The van der Waals surface area contributed by atoms with Crippen molar-refractivity contribution in [2.45, 2.75) is 71.3 Å². The molecule has 0 bridgehead atoms. The topological polar surface area (TPSA) is 51.8 Å². The molecule has 0 aliphatic heterocycles. The van der Waals surface area contributed by atoms with Gasteiger partial charge in [0, 0.05) is 11.5 Å². The molecule has 1 aromatic heterocycles. The van der Waals surface area contributed by atoms with Gasteiger partial charge in [0.15, 0.2) is 0 Å². The van der Waals surface area contributed by atoms with E-state index < -0.39 is 0 Å². The second-order valence-corrected chi connectivity index (χ2v) is 7.66. The average molecular weight is 281 g/mol. The Morgan fingerprint density at radius 2 is 2.00 bits per heavy atom. The van der Waals surface area contributed by atoms with Crippen molar-refractivity contribution in [3.05, 3.63) is 10.6 Å². The molecule has 1 aliphatic carbocycles. The Labute approximate surface area is 121 Å². The summed E-state index contributed by atoms with van der Waals surface area (Å²) < 4.78 is 4.17. The lowest BCUT2D eigenvalue weighted by molar-refractivity contribution is 0.197. The van der Waals surface area contributed by atoms with Gasteiger partial charge < -0.3 is 5.73 Å². The molecule has 1 aromatic rings. The van der Waals surface area contributed by atoms with E-state index in [1.165, 1.54) is 48.5 Å². The Morgan fingerprint density at radius 1 is 1.32 bits per heavy atom. The van der Waals surface area contributed by atoms with Crippen molar-refractivity contribution < 1.29 is 0 Å². The molecule has 3 nitrogen and oxygen atoms in total. The van der Waals surface area contributed by atoms with E-state index in [0.29, 0.717) is 5.92 Å². The van der Waals surface area contributed by atoms with Gasteiger partial charge in [-0.15, -0.1) is 5.10 Å². The first-order valence-electron chi connectivity index (χ1n) is 7.53. The highest BCUT2D eigenvalue weighted by Crippen LogP contribution is 2.42. The number of aromatic nitrogens is 2. The third-order valence-corrected chi connectivity index (χ3v) is 5.31. The Balaban J connectivity index is 2.23. The number of hydrogen-bond acceptors (Lipinski definition) is 4. The summed E-state index contributed by atoms with van der Waals surface area (Å²) >= 11 is 1.50. The van der Waals surface area contributed by atoms with E-state index in [0.717, 1.165) is 11.6 Å². The molecule has 1 heterocycles. The van der Waals surface area contributed by atoms with Gasteiger partial charge in [-0.3, -0.25) is 0 Å². The molecule has 19 heavy (non-hydrogen) atoms. The van der Waals surface area contributed by atoms with Crippen LogP contribution >= 0.6 is 11.5 Å². The van der Waals surface area contributed by atoms with Crippen LogP contribution < -0.4 is 5.73 Å². The molecule has 3 unspecified atom stereocenters. The molecule has 0 radical (unpaired) electrons. The third kappa shape index (κ3) is 3.16. The van der Waals surface area contributed by atoms with Gasteiger partial charge in [-0.1, -0.05) is 57.9 Å². The Hall–Kier alpha value is -0.480. The molecule has 0 aromatic carbocycles. The van der Waals surface area contributed by atoms with Crippen molar-refractivity contribution in [2.24, 2.45) is 17.6 Å². The highest BCUT2D eigenvalue weighted by Gasteiger charge is 2.34. The third-order valence-electron chi connectivity index (χ3n) is 4.48. The minimum absolute atomic E-state index is 0.0380. The molecular formula is C15H27N3S. The van der Waals surface area contributed by atoms with Crippen LogP contribution in [0, 0.1) is 11.8 Å². The predicted molar refractivity (Wildman–Crippen MR) is 81.3 cm³/mol. The SMILES string of the molecule is CCC1CCCCC1C(N)c1snnc1C(C)(C)C. The Kier molecular flexibility index (Phi) is 4.62. The smallest absolute Gasteiger partial charge is 0.0857 e. The van der Waals surface area contributed by atoms with Crippen LogP contribution in [0.3, 0.4) is 0 Å². The van der Waals surface area contributed by atoms with E-state index in [9.17, 15) is 0 Å². The fourth-order valence-electron chi connectivity index (χ4n) is 3.35. The van der Waals surface area contributed by atoms with Crippen molar-refractivity contribution in [3.63, 3.8) is 0 Å². The van der Waals surface area contributed by atoms with Crippen LogP contribution in [-0.4, -0.2) is 9.59 Å². The Bertz CT molecular complexity index is 408. The normalized spacial score (nSPS) is 26.4. The van der Waals surface area contributed by atoms with E-state index in [1.807, 2.05) is 0 Å². The molecule has 3 atom stereocenters. The minimum Gasteiger partial charge on any atom is -0.323 e. The lowest BCUT2D eigenvalue weighted by Crippen LogP contribution is -2.31. The molecule has 0 saturated heterocycles. The lowest BCUT2D eigenvalue weighted by atomic mass is 9.73. The molecule has 108 valence electrons. The monoisotopic (exact) mass is 281 g/mol. The van der Waals surface area contributed by atoms with Crippen LogP contribution in [0.2, 0.25) is 0 Å². The molecule has 0 spiro atoms. The average Bonchev–Trinajstić information content (AvgIpc) is 2.87. The van der Waals surface area contributed by atoms with E-state index >= 15 is 0 Å². The molecule has 1 fully saturated rings. The summed E-state index contributed by atoms with van der Waals surface area (Å²) in [6.45, 7) is 8.87. The molecule has 2 N–H and O–H groups in total. The zero-order chi connectivity index (χ0) is 14.0. The molecule has 4 heteroatoms. The fraction of sp³-hybridized carbons (Fsp3) is 0.867. The molecular weight excluding hydrogens is 254 g/mol. The van der Waals surface area contributed by atoms with Crippen molar-refractivity contribution >= 4 is 11.5 Å². The maximum Gasteiger partial charge on any atom is 0.0857 e. The van der Waals surface area contributed by atoms with Crippen LogP contribution in [-0.2, 0) is 5.41 Å². The van der Waals surface area contributed by atoms with E-state index in [1.54, 1.807) is 0 Å². The summed E-state index contributed by atoms with van der Waals surface area (Å²) in [5.74, 6) is 1.39. The second kappa shape index (κ2) is 5.88. The van der Waals surface area contributed by atoms with Crippen molar-refractivity contribution in [2.75, 3.05) is 0 Å². The van der Waals surface area contributed by atoms with E-state index in [4.69, 9.17) is 5.73 Å². The lowest BCUT2D eigenvalue weighted by Gasteiger charge is -2.35. The van der Waals surface area contributed by atoms with Gasteiger partial charge in [0.05, 0.1) is 10.6 Å². The highest BCUT2D eigenvalue weighted by atomic mass is 32.1. The predicted octanol–water partition coefficient (Wildman–Crippen LogP) is 4.05. The zero-order valence-electron chi connectivity index (χ0n) is 12.6. The van der Waals surface area contributed by atoms with Crippen molar-refractivity contribution in [3.8, 4) is 0 Å². The Morgan fingerprint density at radius 3 is 2.63 bits per heavy atom. The van der Waals surface area contributed by atoms with Gasteiger partial charge in [-0.05, 0) is 29.8 Å². The second-order valence-electron chi connectivity index (χ2n) is 6.88. The largest absolute Gasteiger partial charge is 0.323 e. The van der Waals surface area contributed by atoms with Crippen LogP contribution in [0.1, 0.15) is 76.4 Å². The zero-order valence-corrected chi connectivity index (χ0v) is 13.5. The van der Waals surface area contributed by atoms with Crippen LogP contribution in [0.4, 0.5) is 0 Å². The van der Waals surface area contributed by atoms with Crippen LogP contribution in [0.25, 0.3) is 0 Å². The summed E-state index contributed by atoms with van der Waals surface area (Å²) in [4.78, 5) is 1.22. The number of rotatable bonds is 3. The van der Waals surface area contributed by atoms with Crippen LogP contribution in [0.5, 0.6) is 0 Å². The van der Waals surface area contributed by atoms with Gasteiger partial charge in [-0.25, -0.2) is 0 Å². The summed E-state index contributed by atoms with van der Waals surface area (Å²) in [5.41, 5.74) is 7.75. The van der Waals surface area contributed by atoms with Gasteiger partial charge in [-0.2, -0.15) is 0 Å². The van der Waals surface area contributed by atoms with Crippen molar-refractivity contribution in [1.29, 1.82) is 0 Å². The number of hydrogen-bond donors (Lipinski definition) is 1. The number of nitrogens with zero attached hydrogens (tertiary/aromatic N) is 2. The molecule has 2 rings (SSSR count). The molecule has 1 aliphatic rings. The van der Waals surface area contributed by atoms with Gasteiger partial charge in [0.1, 0.15) is 0 Å². The van der Waals surface area contributed by atoms with E-state index in [-0.39, 0.29) is 11.5 Å². The van der Waals surface area contributed by atoms with Crippen LogP contribution in [0.15, 0.2) is 0 Å². The first-order chi connectivity index (χ1) is 8.95. The summed E-state index contributed by atoms with van der Waals surface area (Å²) in [5, 5.41) is 4.34. The quantitative estimate of drug-likeness (QED) is 0.909. The summed E-state index contributed by atoms with van der Waals surface area (Å²) in [6, 6.07) is 0.125. The van der Waals surface area contributed by atoms with Gasteiger partial charge in [0.25, 0.3) is 0 Å². The molecule has 1 saturated carbocycles. The number of nitrogens with two attached hydrogens (primary N) is 1. The highest BCUT2D eigenvalue weighted by molar-refractivity contribution is 7.05. The maximum atomic E-state index is 6.61. The maximum absolute atomic E-state index is 6.61.